The van der Waals surface area contributed by atoms with Gasteiger partial charge in [0, 0.05) is 18.9 Å². The summed E-state index contributed by atoms with van der Waals surface area (Å²) in [6.45, 7) is 3.38. The van der Waals surface area contributed by atoms with Crippen molar-refractivity contribution in [1.82, 2.24) is 5.32 Å². The molecule has 88 valence electrons. The third kappa shape index (κ3) is 5.53. The quantitative estimate of drug-likeness (QED) is 0.794. The molecule has 0 aliphatic carbocycles. The Balaban J connectivity index is 2.55. The third-order valence-corrected chi connectivity index (χ3v) is 2.07. The molecule has 3 heteroatoms. The lowest BCUT2D eigenvalue weighted by Crippen LogP contribution is -2.19. The van der Waals surface area contributed by atoms with Crippen molar-refractivity contribution in [2.75, 3.05) is 6.54 Å². The van der Waals surface area contributed by atoms with Gasteiger partial charge in [-0.25, -0.2) is 0 Å². The minimum absolute atomic E-state index is 0.0869. The number of nitrogens with one attached hydrogen (secondary N) is 1. The van der Waals surface area contributed by atoms with Crippen molar-refractivity contribution >= 4 is 11.7 Å². The number of rotatable bonds is 3. The number of carbonyl (C=O) groups is 2. The van der Waals surface area contributed by atoms with Gasteiger partial charge in [0.15, 0.2) is 0 Å². The molecule has 0 spiro atoms. The highest BCUT2D eigenvalue weighted by Gasteiger charge is 1.96. The molecule has 0 radical (unpaired) electrons. The van der Waals surface area contributed by atoms with Gasteiger partial charge in [-0.2, -0.15) is 0 Å². The van der Waals surface area contributed by atoms with Crippen LogP contribution >= 0.6 is 0 Å². The van der Waals surface area contributed by atoms with Gasteiger partial charge in [0.25, 0.3) is 0 Å². The predicted octanol–water partition coefficient (Wildman–Crippen LogP) is 1.31. The van der Waals surface area contributed by atoms with Gasteiger partial charge < -0.3 is 5.32 Å². The largest absolute Gasteiger partial charge is 0.345 e. The van der Waals surface area contributed by atoms with E-state index in [0.717, 1.165) is 11.1 Å². The third-order valence-electron chi connectivity index (χ3n) is 2.07. The van der Waals surface area contributed by atoms with Crippen LogP contribution in [-0.2, 0) is 16.0 Å². The van der Waals surface area contributed by atoms with Crippen LogP contribution in [0.2, 0.25) is 0 Å². The number of carbonyl (C=O) groups excluding carboxylic acids is 2. The normalized spacial score (nSPS) is 9.06. The molecule has 1 aromatic carbocycles. The Hall–Kier alpha value is -2.08. The molecule has 0 saturated heterocycles. The van der Waals surface area contributed by atoms with E-state index in [1.807, 2.05) is 24.3 Å². The molecule has 0 atom stereocenters. The Bertz CT molecular complexity index is 463. The van der Waals surface area contributed by atoms with E-state index in [0.29, 0.717) is 13.0 Å². The molecule has 1 rings (SSSR count). The zero-order chi connectivity index (χ0) is 12.7. The molecule has 17 heavy (non-hydrogen) atoms. The van der Waals surface area contributed by atoms with Crippen LogP contribution in [-0.4, -0.2) is 18.2 Å². The van der Waals surface area contributed by atoms with Crippen LogP contribution in [0.4, 0.5) is 0 Å². The van der Waals surface area contributed by atoms with Crippen molar-refractivity contribution in [2.24, 2.45) is 0 Å². The van der Waals surface area contributed by atoms with Gasteiger partial charge in [-0.15, -0.1) is 0 Å². The molecule has 3 nitrogen and oxygen atoms in total. The molecular weight excluding hydrogens is 214 g/mol. The fraction of sp³-hybridized carbons (Fsp3) is 0.286. The summed E-state index contributed by atoms with van der Waals surface area (Å²) >= 11 is 0. The highest BCUT2D eigenvalue weighted by molar-refractivity contribution is 5.78. The highest BCUT2D eigenvalue weighted by atomic mass is 16.1. The maximum Gasteiger partial charge on any atom is 0.217 e. The minimum Gasteiger partial charge on any atom is -0.345 e. The number of hydrogen-bond acceptors (Lipinski definition) is 2. The number of amides is 1. The molecule has 1 amide bonds. The lowest BCUT2D eigenvalue weighted by atomic mass is 10.1. The zero-order valence-corrected chi connectivity index (χ0v) is 10.0. The van der Waals surface area contributed by atoms with Crippen LogP contribution in [0.25, 0.3) is 0 Å². The predicted molar refractivity (Wildman–Crippen MR) is 66.4 cm³/mol. The molecule has 0 aromatic heterocycles. The highest BCUT2D eigenvalue weighted by Crippen LogP contribution is 2.04. The summed E-state index contributed by atoms with van der Waals surface area (Å²) in [6, 6.07) is 7.53. The SMILES string of the molecule is CC(=O)Cc1ccc(C#CCNC(C)=O)cc1. The van der Waals surface area contributed by atoms with E-state index in [1.165, 1.54) is 6.92 Å². The maximum absolute atomic E-state index is 10.9. The standard InChI is InChI=1S/C14H15NO2/c1-11(16)10-14-7-5-13(6-8-14)4-3-9-15-12(2)17/h5-8H,9-10H2,1-2H3,(H,15,17). The first-order valence-electron chi connectivity index (χ1n) is 5.39. The molecule has 1 N–H and O–H groups in total. The first-order valence-corrected chi connectivity index (χ1v) is 5.39. The molecule has 0 aliphatic rings. The summed E-state index contributed by atoms with van der Waals surface area (Å²) in [5, 5.41) is 2.60. The monoisotopic (exact) mass is 229 g/mol. The summed E-state index contributed by atoms with van der Waals surface area (Å²) in [5.41, 5.74) is 1.87. The number of ketones is 1. The molecular formula is C14H15NO2. The van der Waals surface area contributed by atoms with Gasteiger partial charge in [-0.3, -0.25) is 9.59 Å². The molecule has 0 unspecified atom stereocenters. The lowest BCUT2D eigenvalue weighted by Gasteiger charge is -1.97. The topological polar surface area (TPSA) is 46.2 Å². The number of benzene rings is 1. The van der Waals surface area contributed by atoms with Gasteiger partial charge >= 0.3 is 0 Å². The maximum atomic E-state index is 10.9. The Kier molecular flexibility index (Phi) is 4.96. The smallest absolute Gasteiger partial charge is 0.217 e. The van der Waals surface area contributed by atoms with Crippen molar-refractivity contribution in [3.8, 4) is 11.8 Å². The van der Waals surface area contributed by atoms with Gasteiger partial charge in [0.05, 0.1) is 6.54 Å². The fourth-order valence-electron chi connectivity index (χ4n) is 1.31. The lowest BCUT2D eigenvalue weighted by molar-refractivity contribution is -0.119. The van der Waals surface area contributed by atoms with Gasteiger partial charge in [0.2, 0.25) is 5.91 Å². The second kappa shape index (κ2) is 6.49. The van der Waals surface area contributed by atoms with Gasteiger partial charge in [-0.1, -0.05) is 24.0 Å². The van der Waals surface area contributed by atoms with E-state index < -0.39 is 0 Å². The fourth-order valence-corrected chi connectivity index (χ4v) is 1.31. The molecule has 1 aromatic rings. The van der Waals surface area contributed by atoms with Crippen LogP contribution in [0.5, 0.6) is 0 Å². The van der Waals surface area contributed by atoms with Crippen LogP contribution in [0.3, 0.4) is 0 Å². The second-order valence-electron chi connectivity index (χ2n) is 3.79. The Morgan fingerprint density at radius 2 is 1.82 bits per heavy atom. The Labute approximate surface area is 101 Å². The summed E-state index contributed by atoms with van der Waals surface area (Å²) in [6.07, 6.45) is 0.458. The Morgan fingerprint density at radius 1 is 1.18 bits per heavy atom. The van der Waals surface area contributed by atoms with E-state index in [1.54, 1.807) is 6.92 Å². The first kappa shape index (κ1) is 13.0. The number of hydrogen-bond donors (Lipinski definition) is 1. The Morgan fingerprint density at radius 3 is 2.35 bits per heavy atom. The molecule has 0 fully saturated rings. The zero-order valence-electron chi connectivity index (χ0n) is 10.0. The van der Waals surface area contributed by atoms with Gasteiger partial charge in [0.1, 0.15) is 5.78 Å². The molecule has 0 bridgehead atoms. The molecule has 0 aliphatic heterocycles. The second-order valence-corrected chi connectivity index (χ2v) is 3.79. The molecule has 0 heterocycles. The van der Waals surface area contributed by atoms with Crippen molar-refractivity contribution in [3.05, 3.63) is 35.4 Å². The van der Waals surface area contributed by atoms with Crippen LogP contribution in [0, 0.1) is 11.8 Å². The number of Topliss-reactive ketones (excluding diaryl/α,β-unsaturated/α-hetero) is 1. The van der Waals surface area contributed by atoms with E-state index >= 15 is 0 Å². The average Bonchev–Trinajstić information content (AvgIpc) is 2.25. The van der Waals surface area contributed by atoms with Crippen molar-refractivity contribution in [3.63, 3.8) is 0 Å². The van der Waals surface area contributed by atoms with Gasteiger partial charge in [-0.05, 0) is 24.6 Å². The van der Waals surface area contributed by atoms with Crippen LogP contribution in [0.15, 0.2) is 24.3 Å². The van der Waals surface area contributed by atoms with Crippen molar-refractivity contribution < 1.29 is 9.59 Å². The van der Waals surface area contributed by atoms with Crippen molar-refractivity contribution in [2.45, 2.75) is 20.3 Å². The first-order chi connectivity index (χ1) is 8.08. The summed E-state index contributed by atoms with van der Waals surface area (Å²) in [7, 11) is 0. The van der Waals surface area contributed by atoms with E-state index in [9.17, 15) is 9.59 Å². The average molecular weight is 229 g/mol. The van der Waals surface area contributed by atoms with Crippen molar-refractivity contribution in [1.29, 1.82) is 0 Å². The minimum atomic E-state index is -0.0869. The molecule has 0 saturated carbocycles. The van der Waals surface area contributed by atoms with Crippen LogP contribution < -0.4 is 5.32 Å². The van der Waals surface area contributed by atoms with E-state index in [4.69, 9.17) is 0 Å². The van der Waals surface area contributed by atoms with E-state index in [2.05, 4.69) is 17.2 Å². The van der Waals surface area contributed by atoms with Crippen LogP contribution in [0.1, 0.15) is 25.0 Å². The summed E-state index contributed by atoms with van der Waals surface area (Å²) in [5.74, 6) is 5.84. The van der Waals surface area contributed by atoms with E-state index in [-0.39, 0.29) is 11.7 Å². The summed E-state index contributed by atoms with van der Waals surface area (Å²) in [4.78, 5) is 21.5. The summed E-state index contributed by atoms with van der Waals surface area (Å²) < 4.78 is 0.